The summed E-state index contributed by atoms with van der Waals surface area (Å²) in [6.45, 7) is 2.20. The van der Waals surface area contributed by atoms with E-state index in [1.54, 1.807) is 12.1 Å². The Balaban J connectivity index is 2.23. The molecular weight excluding hydrogens is 277 g/mol. The molecule has 106 valence electrons. The maximum atomic E-state index is 14.0. The van der Waals surface area contributed by atoms with Crippen molar-refractivity contribution < 1.29 is 9.13 Å². The van der Waals surface area contributed by atoms with E-state index in [1.165, 1.54) is 6.07 Å². The summed E-state index contributed by atoms with van der Waals surface area (Å²) < 4.78 is 19.6. The van der Waals surface area contributed by atoms with Crippen LogP contribution in [-0.2, 0) is 6.61 Å². The lowest BCUT2D eigenvalue weighted by Crippen LogP contribution is -2.14. The number of hydrogen-bond acceptors (Lipinski definition) is 2. The van der Waals surface area contributed by atoms with E-state index in [0.29, 0.717) is 5.02 Å². The monoisotopic (exact) mass is 293 g/mol. The van der Waals surface area contributed by atoms with Gasteiger partial charge in [0.15, 0.2) is 11.6 Å². The van der Waals surface area contributed by atoms with Crippen LogP contribution < -0.4 is 10.1 Å². The van der Waals surface area contributed by atoms with Gasteiger partial charge in [-0.15, -0.1) is 0 Å². The van der Waals surface area contributed by atoms with Crippen LogP contribution in [0.25, 0.3) is 0 Å². The van der Waals surface area contributed by atoms with Gasteiger partial charge in [-0.25, -0.2) is 4.39 Å². The summed E-state index contributed by atoms with van der Waals surface area (Å²) in [6, 6.07) is 12.3. The Kier molecular flexibility index (Phi) is 4.99. The molecule has 2 aromatic rings. The maximum absolute atomic E-state index is 14.0. The van der Waals surface area contributed by atoms with E-state index in [4.69, 9.17) is 16.3 Å². The fourth-order valence-corrected chi connectivity index (χ4v) is 2.13. The van der Waals surface area contributed by atoms with E-state index in [-0.39, 0.29) is 24.2 Å². The summed E-state index contributed by atoms with van der Waals surface area (Å²) in [5.74, 6) is -0.0917. The molecule has 2 rings (SSSR count). The lowest BCUT2D eigenvalue weighted by Gasteiger charge is -2.17. The molecule has 0 spiro atoms. The fraction of sp³-hybridized carbons (Fsp3) is 0.250. The van der Waals surface area contributed by atoms with Crippen molar-refractivity contribution >= 4 is 11.6 Å². The molecule has 0 saturated carbocycles. The Bertz CT molecular complexity index is 588. The molecule has 0 amide bonds. The summed E-state index contributed by atoms with van der Waals surface area (Å²) in [7, 11) is 1.83. The summed E-state index contributed by atoms with van der Waals surface area (Å²) in [4.78, 5) is 0. The lowest BCUT2D eigenvalue weighted by atomic mass is 10.1. The van der Waals surface area contributed by atoms with Crippen LogP contribution >= 0.6 is 11.6 Å². The first-order valence-corrected chi connectivity index (χ1v) is 6.83. The second kappa shape index (κ2) is 6.73. The minimum Gasteiger partial charge on any atom is -0.485 e. The number of ether oxygens (including phenoxy) is 1. The molecule has 1 N–H and O–H groups in total. The Morgan fingerprint density at radius 1 is 1.20 bits per heavy atom. The highest BCUT2D eigenvalue weighted by Gasteiger charge is 2.14. The van der Waals surface area contributed by atoms with Gasteiger partial charge in [0.1, 0.15) is 6.61 Å². The topological polar surface area (TPSA) is 21.3 Å². The largest absolute Gasteiger partial charge is 0.485 e. The summed E-state index contributed by atoms with van der Waals surface area (Å²) >= 11 is 6.07. The van der Waals surface area contributed by atoms with Gasteiger partial charge in [0.2, 0.25) is 0 Å². The van der Waals surface area contributed by atoms with E-state index >= 15 is 0 Å². The highest BCUT2D eigenvalue weighted by atomic mass is 35.5. The van der Waals surface area contributed by atoms with Crippen LogP contribution in [0.2, 0.25) is 5.02 Å². The summed E-state index contributed by atoms with van der Waals surface area (Å²) in [6.07, 6.45) is 0. The SMILES string of the molecule is CNC(C)c1cccc(F)c1OCc1ccccc1Cl. The van der Waals surface area contributed by atoms with Gasteiger partial charge in [-0.2, -0.15) is 0 Å². The van der Waals surface area contributed by atoms with E-state index in [2.05, 4.69) is 5.32 Å². The number of benzene rings is 2. The standard InChI is InChI=1S/C16H17ClFNO/c1-11(19-2)13-7-5-9-15(18)16(13)20-10-12-6-3-4-8-14(12)17/h3-9,11,19H,10H2,1-2H3. The smallest absolute Gasteiger partial charge is 0.165 e. The van der Waals surface area contributed by atoms with Gasteiger partial charge in [0.05, 0.1) is 0 Å². The number of nitrogens with one attached hydrogen (secondary N) is 1. The molecule has 0 saturated heterocycles. The lowest BCUT2D eigenvalue weighted by molar-refractivity contribution is 0.284. The zero-order valence-electron chi connectivity index (χ0n) is 11.5. The van der Waals surface area contributed by atoms with Crippen molar-refractivity contribution in [2.45, 2.75) is 19.6 Å². The molecule has 0 bridgehead atoms. The van der Waals surface area contributed by atoms with Crippen molar-refractivity contribution in [2.24, 2.45) is 0 Å². The predicted molar refractivity (Wildman–Crippen MR) is 79.7 cm³/mol. The fourth-order valence-electron chi connectivity index (χ4n) is 1.94. The second-order valence-corrected chi connectivity index (χ2v) is 4.96. The first-order chi connectivity index (χ1) is 9.63. The third-order valence-corrected chi connectivity index (χ3v) is 3.60. The molecule has 0 aromatic heterocycles. The third kappa shape index (κ3) is 3.30. The van der Waals surface area contributed by atoms with Crippen molar-refractivity contribution in [1.29, 1.82) is 0 Å². The molecule has 4 heteroatoms. The van der Waals surface area contributed by atoms with E-state index in [1.807, 2.05) is 38.2 Å². The molecular formula is C16H17ClFNO. The number of rotatable bonds is 5. The van der Waals surface area contributed by atoms with Gasteiger partial charge in [-0.3, -0.25) is 0 Å². The van der Waals surface area contributed by atoms with Crippen LogP contribution in [0.1, 0.15) is 24.1 Å². The third-order valence-electron chi connectivity index (χ3n) is 3.23. The van der Waals surface area contributed by atoms with Crippen molar-refractivity contribution in [3.05, 3.63) is 64.4 Å². The molecule has 20 heavy (non-hydrogen) atoms. The van der Waals surface area contributed by atoms with Gasteiger partial charge >= 0.3 is 0 Å². The van der Waals surface area contributed by atoms with Gasteiger partial charge in [0.25, 0.3) is 0 Å². The number of halogens is 2. The van der Waals surface area contributed by atoms with Crippen LogP contribution in [0.4, 0.5) is 4.39 Å². The van der Waals surface area contributed by atoms with E-state index < -0.39 is 0 Å². The number of hydrogen-bond donors (Lipinski definition) is 1. The molecule has 0 fully saturated rings. The second-order valence-electron chi connectivity index (χ2n) is 4.55. The van der Waals surface area contributed by atoms with Crippen LogP contribution in [0, 0.1) is 5.82 Å². The molecule has 2 nitrogen and oxygen atoms in total. The minimum absolute atomic E-state index is 0.00643. The van der Waals surface area contributed by atoms with Gasteiger partial charge in [-0.1, -0.05) is 41.9 Å². The molecule has 0 heterocycles. The summed E-state index contributed by atoms with van der Waals surface area (Å²) in [5, 5.41) is 3.70. The first-order valence-electron chi connectivity index (χ1n) is 6.45. The molecule has 1 atom stereocenters. The molecule has 0 radical (unpaired) electrons. The Morgan fingerprint density at radius 3 is 2.65 bits per heavy atom. The number of para-hydroxylation sites is 1. The highest BCUT2D eigenvalue weighted by molar-refractivity contribution is 6.31. The molecule has 2 aromatic carbocycles. The molecule has 0 aliphatic carbocycles. The van der Waals surface area contributed by atoms with Gasteiger partial charge in [0, 0.05) is 22.2 Å². The van der Waals surface area contributed by atoms with Crippen molar-refractivity contribution in [3.8, 4) is 5.75 Å². The average molecular weight is 294 g/mol. The van der Waals surface area contributed by atoms with Crippen molar-refractivity contribution in [1.82, 2.24) is 5.32 Å². The zero-order chi connectivity index (χ0) is 14.5. The zero-order valence-corrected chi connectivity index (χ0v) is 12.2. The van der Waals surface area contributed by atoms with Gasteiger partial charge < -0.3 is 10.1 Å². The highest BCUT2D eigenvalue weighted by Crippen LogP contribution is 2.29. The molecule has 0 aliphatic heterocycles. The van der Waals surface area contributed by atoms with Crippen molar-refractivity contribution in [3.63, 3.8) is 0 Å². The molecule has 0 aliphatic rings. The Labute approximate surface area is 123 Å². The van der Waals surface area contributed by atoms with E-state index in [0.717, 1.165) is 11.1 Å². The van der Waals surface area contributed by atoms with Crippen LogP contribution in [0.3, 0.4) is 0 Å². The van der Waals surface area contributed by atoms with E-state index in [9.17, 15) is 4.39 Å². The average Bonchev–Trinajstić information content (AvgIpc) is 2.46. The van der Waals surface area contributed by atoms with Gasteiger partial charge in [-0.05, 0) is 26.1 Å². The van der Waals surface area contributed by atoms with Crippen LogP contribution in [-0.4, -0.2) is 7.05 Å². The Hall–Kier alpha value is -1.58. The summed E-state index contributed by atoms with van der Waals surface area (Å²) in [5.41, 5.74) is 1.63. The minimum atomic E-state index is -0.364. The normalized spacial score (nSPS) is 12.2. The van der Waals surface area contributed by atoms with Crippen LogP contribution in [0.5, 0.6) is 5.75 Å². The quantitative estimate of drug-likeness (QED) is 0.885. The predicted octanol–water partition coefficient (Wildman–Crippen LogP) is 4.34. The van der Waals surface area contributed by atoms with Crippen LogP contribution in [0.15, 0.2) is 42.5 Å². The van der Waals surface area contributed by atoms with Crippen molar-refractivity contribution in [2.75, 3.05) is 7.05 Å². The maximum Gasteiger partial charge on any atom is 0.165 e. The molecule has 1 unspecified atom stereocenters. The first kappa shape index (κ1) is 14.8. The Morgan fingerprint density at radius 2 is 1.95 bits per heavy atom.